The van der Waals surface area contributed by atoms with Crippen molar-refractivity contribution in [1.82, 2.24) is 9.97 Å². The Morgan fingerprint density at radius 1 is 0.895 bits per heavy atom. The molecule has 2 heterocycles. The zero-order valence-corrected chi connectivity index (χ0v) is 22.2. The lowest BCUT2D eigenvalue weighted by Gasteiger charge is -2.23. The summed E-state index contributed by atoms with van der Waals surface area (Å²) in [6.45, 7) is 0. The van der Waals surface area contributed by atoms with Crippen molar-refractivity contribution in [2.45, 2.75) is 12.5 Å². The highest BCUT2D eigenvalue weighted by molar-refractivity contribution is 9.10. The van der Waals surface area contributed by atoms with Crippen LogP contribution >= 0.6 is 27.5 Å². The highest BCUT2D eigenvalue weighted by Gasteiger charge is 2.33. The second kappa shape index (κ2) is 9.96. The maximum Gasteiger partial charge on any atom is 0.269 e. The molecule has 0 N–H and O–H groups in total. The van der Waals surface area contributed by atoms with Crippen LogP contribution in [-0.4, -0.2) is 20.6 Å². The molecule has 7 nitrogen and oxygen atoms in total. The number of non-ortho nitro benzene ring substituents is 1. The molecule has 1 atom stereocenters. The quantitative estimate of drug-likeness (QED) is 0.154. The summed E-state index contributed by atoms with van der Waals surface area (Å²) < 4.78 is 0.937. The number of nitro benzene ring substituents is 1. The van der Waals surface area contributed by atoms with E-state index in [-0.39, 0.29) is 11.7 Å². The Hall–Kier alpha value is -4.14. The van der Waals surface area contributed by atoms with E-state index in [0.717, 1.165) is 43.5 Å². The molecule has 0 fully saturated rings. The van der Waals surface area contributed by atoms with Gasteiger partial charge in [-0.2, -0.15) is 5.10 Å². The van der Waals surface area contributed by atoms with Crippen molar-refractivity contribution in [1.29, 1.82) is 0 Å². The van der Waals surface area contributed by atoms with Gasteiger partial charge in [0, 0.05) is 39.0 Å². The van der Waals surface area contributed by atoms with Gasteiger partial charge in [0.15, 0.2) is 0 Å². The average Bonchev–Trinajstić information content (AvgIpc) is 3.38. The maximum absolute atomic E-state index is 11.2. The minimum Gasteiger partial charge on any atom is -0.258 e. The van der Waals surface area contributed by atoms with Gasteiger partial charge in [0.25, 0.3) is 5.69 Å². The Kier molecular flexibility index (Phi) is 6.35. The van der Waals surface area contributed by atoms with E-state index in [1.165, 1.54) is 12.1 Å². The first-order valence-corrected chi connectivity index (χ1v) is 13.0. The molecule has 6 rings (SSSR count). The van der Waals surface area contributed by atoms with Gasteiger partial charge in [0.2, 0.25) is 5.95 Å². The zero-order chi connectivity index (χ0) is 26.2. The van der Waals surface area contributed by atoms with Gasteiger partial charge in [0.05, 0.1) is 27.9 Å². The zero-order valence-electron chi connectivity index (χ0n) is 19.8. The van der Waals surface area contributed by atoms with Crippen molar-refractivity contribution in [2.75, 3.05) is 5.01 Å². The van der Waals surface area contributed by atoms with Crippen LogP contribution in [-0.2, 0) is 0 Å². The fraction of sp³-hybridized carbons (Fsp3) is 0.0690. The Morgan fingerprint density at radius 2 is 1.63 bits per heavy atom. The number of hydrogen-bond acceptors (Lipinski definition) is 6. The van der Waals surface area contributed by atoms with Gasteiger partial charge < -0.3 is 0 Å². The molecule has 1 aromatic heterocycles. The van der Waals surface area contributed by atoms with Crippen molar-refractivity contribution >= 4 is 55.8 Å². The number of anilines is 1. The second-order valence-corrected chi connectivity index (χ2v) is 10.2. The monoisotopic (exact) mass is 583 g/mol. The number of aromatic nitrogens is 2. The van der Waals surface area contributed by atoms with E-state index in [1.54, 1.807) is 12.1 Å². The number of halogens is 2. The molecular weight excluding hydrogens is 566 g/mol. The fourth-order valence-electron chi connectivity index (χ4n) is 4.64. The smallest absolute Gasteiger partial charge is 0.258 e. The molecule has 0 amide bonds. The van der Waals surface area contributed by atoms with Crippen LogP contribution in [0.3, 0.4) is 0 Å². The van der Waals surface area contributed by atoms with Crippen molar-refractivity contribution in [3.63, 3.8) is 0 Å². The lowest BCUT2D eigenvalue weighted by Crippen LogP contribution is -2.21. The lowest BCUT2D eigenvalue weighted by atomic mass is 9.98. The molecule has 9 heteroatoms. The number of hydrogen-bond donors (Lipinski definition) is 0. The van der Waals surface area contributed by atoms with E-state index in [9.17, 15) is 10.1 Å². The molecule has 1 aliphatic rings. The Balaban J connectivity index is 1.53. The van der Waals surface area contributed by atoms with Crippen LogP contribution in [0, 0.1) is 10.1 Å². The number of hydrazone groups is 1. The topological polar surface area (TPSA) is 84.5 Å². The fourth-order valence-corrected chi connectivity index (χ4v) is 5.26. The van der Waals surface area contributed by atoms with Crippen LogP contribution in [0.15, 0.2) is 107 Å². The molecule has 0 saturated heterocycles. The van der Waals surface area contributed by atoms with Gasteiger partial charge in [-0.15, -0.1) is 0 Å². The van der Waals surface area contributed by atoms with Crippen molar-refractivity contribution in [2.24, 2.45) is 5.10 Å². The highest BCUT2D eigenvalue weighted by atomic mass is 79.9. The van der Waals surface area contributed by atoms with Crippen molar-refractivity contribution in [3.8, 4) is 11.3 Å². The SMILES string of the molecule is O=[N+]([O-])c1ccc(C2=NN(c3nc(-c4ccccc4)c4cc(Br)ccc4n3)[C@@H](c3ccccc3Cl)C2)cc1. The first-order chi connectivity index (χ1) is 18.5. The highest BCUT2D eigenvalue weighted by Crippen LogP contribution is 2.40. The molecule has 0 bridgehead atoms. The summed E-state index contributed by atoms with van der Waals surface area (Å²) in [7, 11) is 0. The Bertz CT molecular complexity index is 1710. The summed E-state index contributed by atoms with van der Waals surface area (Å²) in [5.74, 6) is 0.445. The standard InChI is InChI=1S/C29H19BrClN5O2/c30-20-12-15-25-23(16-20)28(19-6-2-1-3-7-19)33-29(32-25)35-27(22-8-4-5-9-24(22)31)17-26(34-35)18-10-13-21(14-11-18)36(37)38/h1-16,27H,17H2/t27-/m1/s1. The minimum absolute atomic E-state index is 0.0309. The third kappa shape index (κ3) is 4.53. The van der Waals surface area contributed by atoms with Crippen LogP contribution in [0.5, 0.6) is 0 Å². The molecule has 0 radical (unpaired) electrons. The van der Waals surface area contributed by atoms with Gasteiger partial charge in [0.1, 0.15) is 0 Å². The van der Waals surface area contributed by atoms with E-state index in [1.807, 2.05) is 77.8 Å². The number of benzene rings is 4. The third-order valence-electron chi connectivity index (χ3n) is 6.48. The van der Waals surface area contributed by atoms with Crippen molar-refractivity contribution < 1.29 is 4.92 Å². The summed E-state index contributed by atoms with van der Waals surface area (Å²) in [4.78, 5) is 20.7. The Labute approximate surface area is 231 Å². The molecule has 1 aliphatic heterocycles. The molecular formula is C29H19BrClN5O2. The number of rotatable bonds is 5. The van der Waals surface area contributed by atoms with Crippen LogP contribution in [0.4, 0.5) is 11.6 Å². The minimum atomic E-state index is -0.411. The number of nitrogens with zero attached hydrogens (tertiary/aromatic N) is 5. The van der Waals surface area contributed by atoms with Gasteiger partial charge in [-0.1, -0.05) is 76.1 Å². The average molecular weight is 585 g/mol. The second-order valence-electron chi connectivity index (χ2n) is 8.84. The normalized spacial score (nSPS) is 15.1. The first-order valence-electron chi connectivity index (χ1n) is 11.9. The Morgan fingerprint density at radius 3 is 2.37 bits per heavy atom. The van der Waals surface area contributed by atoms with Crippen LogP contribution in [0.2, 0.25) is 5.02 Å². The summed E-state index contributed by atoms with van der Waals surface area (Å²) in [5, 5.41) is 19.5. The van der Waals surface area contributed by atoms with Gasteiger partial charge in [-0.25, -0.2) is 15.0 Å². The number of nitro groups is 1. The van der Waals surface area contributed by atoms with E-state index in [4.69, 9.17) is 26.7 Å². The predicted molar refractivity (Wildman–Crippen MR) is 154 cm³/mol. The molecule has 0 unspecified atom stereocenters. The summed E-state index contributed by atoms with van der Waals surface area (Å²) in [6, 6.07) is 29.7. The molecule has 38 heavy (non-hydrogen) atoms. The van der Waals surface area contributed by atoms with Crippen LogP contribution < -0.4 is 5.01 Å². The predicted octanol–water partition coefficient (Wildman–Crippen LogP) is 7.98. The largest absolute Gasteiger partial charge is 0.269 e. The van der Waals surface area contributed by atoms with E-state index in [2.05, 4.69) is 15.9 Å². The number of fused-ring (bicyclic) bond motifs is 1. The van der Waals surface area contributed by atoms with Crippen LogP contribution in [0.25, 0.3) is 22.2 Å². The molecule has 0 saturated carbocycles. The molecule has 0 aliphatic carbocycles. The molecule has 0 spiro atoms. The maximum atomic E-state index is 11.2. The molecule has 186 valence electrons. The summed E-state index contributed by atoms with van der Waals surface area (Å²) in [6.07, 6.45) is 0.532. The van der Waals surface area contributed by atoms with Crippen LogP contribution in [0.1, 0.15) is 23.6 Å². The van der Waals surface area contributed by atoms with E-state index >= 15 is 0 Å². The third-order valence-corrected chi connectivity index (χ3v) is 7.32. The first kappa shape index (κ1) is 24.2. The van der Waals surface area contributed by atoms with Gasteiger partial charge in [-0.05, 0) is 47.5 Å². The van der Waals surface area contributed by atoms with Gasteiger partial charge in [-0.3, -0.25) is 10.1 Å². The molecule has 5 aromatic rings. The summed E-state index contributed by atoms with van der Waals surface area (Å²) in [5.41, 5.74) is 5.04. The summed E-state index contributed by atoms with van der Waals surface area (Å²) >= 11 is 10.2. The van der Waals surface area contributed by atoms with E-state index in [0.29, 0.717) is 17.4 Å². The molecule has 4 aromatic carbocycles. The van der Waals surface area contributed by atoms with Crippen molar-refractivity contribution in [3.05, 3.63) is 128 Å². The van der Waals surface area contributed by atoms with Gasteiger partial charge >= 0.3 is 0 Å². The van der Waals surface area contributed by atoms with E-state index < -0.39 is 4.92 Å². The lowest BCUT2D eigenvalue weighted by molar-refractivity contribution is -0.384.